The van der Waals surface area contributed by atoms with Gasteiger partial charge in [-0.3, -0.25) is 0 Å². The van der Waals surface area contributed by atoms with Crippen molar-refractivity contribution in [3.8, 4) is 0 Å². The molecule has 0 amide bonds. The number of allylic oxidation sites excluding steroid dienone is 3. The average molecular weight is 234 g/mol. The molecule has 0 bridgehead atoms. The number of hydrogen-bond acceptors (Lipinski definition) is 0. The Balaban J connectivity index is 1.74. The van der Waals surface area contributed by atoms with Crippen LogP contribution in [0.2, 0.25) is 0 Å². The van der Waals surface area contributed by atoms with Gasteiger partial charge in [0, 0.05) is 0 Å². The van der Waals surface area contributed by atoms with E-state index in [4.69, 9.17) is 0 Å². The molecule has 0 saturated heterocycles. The fourth-order valence-electron chi connectivity index (χ4n) is 1.80. The SMILES string of the molecule is C(C=Cc1ccccc1)=CCCc1ccccc1. The topological polar surface area (TPSA) is 0 Å². The van der Waals surface area contributed by atoms with Crippen molar-refractivity contribution >= 4 is 6.08 Å². The Hall–Kier alpha value is -2.08. The third-order valence-corrected chi connectivity index (χ3v) is 2.78. The van der Waals surface area contributed by atoms with Gasteiger partial charge in [0.1, 0.15) is 0 Å². The zero-order valence-electron chi connectivity index (χ0n) is 10.5. The van der Waals surface area contributed by atoms with Gasteiger partial charge >= 0.3 is 0 Å². The average Bonchev–Trinajstić information content (AvgIpc) is 2.45. The van der Waals surface area contributed by atoms with Crippen molar-refractivity contribution in [3.63, 3.8) is 0 Å². The van der Waals surface area contributed by atoms with Crippen LogP contribution >= 0.6 is 0 Å². The van der Waals surface area contributed by atoms with Crippen LogP contribution in [0.25, 0.3) is 6.08 Å². The minimum Gasteiger partial charge on any atom is -0.0842 e. The van der Waals surface area contributed by atoms with E-state index < -0.39 is 0 Å². The summed E-state index contributed by atoms with van der Waals surface area (Å²) in [7, 11) is 0. The molecule has 0 nitrogen and oxygen atoms in total. The highest BCUT2D eigenvalue weighted by atomic mass is 13.9. The lowest BCUT2D eigenvalue weighted by Gasteiger charge is -1.95. The normalized spacial score (nSPS) is 11.3. The van der Waals surface area contributed by atoms with Crippen LogP contribution in [0.1, 0.15) is 17.5 Å². The Morgan fingerprint density at radius 1 is 0.722 bits per heavy atom. The summed E-state index contributed by atoms with van der Waals surface area (Å²) in [4.78, 5) is 0. The van der Waals surface area contributed by atoms with Crippen molar-refractivity contribution < 1.29 is 0 Å². The van der Waals surface area contributed by atoms with Gasteiger partial charge in [0.15, 0.2) is 0 Å². The van der Waals surface area contributed by atoms with Crippen molar-refractivity contribution in [3.05, 3.63) is 90.0 Å². The smallest absolute Gasteiger partial charge is 0.0244 e. The Morgan fingerprint density at radius 2 is 1.39 bits per heavy atom. The van der Waals surface area contributed by atoms with Crippen LogP contribution in [0.3, 0.4) is 0 Å². The monoisotopic (exact) mass is 234 g/mol. The van der Waals surface area contributed by atoms with Crippen molar-refractivity contribution in [1.29, 1.82) is 0 Å². The van der Waals surface area contributed by atoms with Crippen LogP contribution in [-0.4, -0.2) is 0 Å². The van der Waals surface area contributed by atoms with Crippen LogP contribution in [0.4, 0.5) is 0 Å². The first-order valence-corrected chi connectivity index (χ1v) is 6.37. The van der Waals surface area contributed by atoms with E-state index in [1.165, 1.54) is 11.1 Å². The second kappa shape index (κ2) is 7.29. The van der Waals surface area contributed by atoms with E-state index in [9.17, 15) is 0 Å². The summed E-state index contributed by atoms with van der Waals surface area (Å²) in [6, 6.07) is 20.9. The van der Waals surface area contributed by atoms with Gasteiger partial charge in [-0.15, -0.1) is 0 Å². The van der Waals surface area contributed by atoms with Gasteiger partial charge in [-0.25, -0.2) is 0 Å². The molecule has 0 aliphatic heterocycles. The van der Waals surface area contributed by atoms with E-state index in [0.29, 0.717) is 0 Å². The van der Waals surface area contributed by atoms with Crippen LogP contribution in [-0.2, 0) is 6.42 Å². The molecule has 0 radical (unpaired) electrons. The number of hydrogen-bond donors (Lipinski definition) is 0. The van der Waals surface area contributed by atoms with E-state index >= 15 is 0 Å². The molecule has 0 saturated carbocycles. The summed E-state index contributed by atoms with van der Waals surface area (Å²) < 4.78 is 0. The molecule has 0 heteroatoms. The number of rotatable bonds is 5. The van der Waals surface area contributed by atoms with E-state index in [-0.39, 0.29) is 0 Å². The van der Waals surface area contributed by atoms with E-state index in [0.717, 1.165) is 12.8 Å². The van der Waals surface area contributed by atoms with Crippen molar-refractivity contribution in [2.45, 2.75) is 12.8 Å². The lowest BCUT2D eigenvalue weighted by Crippen LogP contribution is -1.80. The predicted molar refractivity (Wildman–Crippen MR) is 79.4 cm³/mol. The molecule has 0 N–H and O–H groups in total. The molecule has 2 rings (SSSR count). The highest BCUT2D eigenvalue weighted by molar-refractivity contribution is 5.50. The van der Waals surface area contributed by atoms with Crippen LogP contribution < -0.4 is 0 Å². The maximum atomic E-state index is 2.21. The largest absolute Gasteiger partial charge is 0.0842 e. The second-order valence-corrected chi connectivity index (χ2v) is 4.22. The summed E-state index contributed by atoms with van der Waals surface area (Å²) in [5.41, 5.74) is 2.64. The van der Waals surface area contributed by atoms with Crippen LogP contribution in [0, 0.1) is 0 Å². The third kappa shape index (κ3) is 4.42. The molecule has 2 aromatic rings. The molecule has 0 aliphatic rings. The second-order valence-electron chi connectivity index (χ2n) is 4.22. The molecule has 90 valence electrons. The van der Waals surface area contributed by atoms with E-state index in [1.54, 1.807) is 0 Å². The zero-order chi connectivity index (χ0) is 12.5. The highest BCUT2D eigenvalue weighted by Gasteiger charge is 1.87. The van der Waals surface area contributed by atoms with Crippen LogP contribution in [0.15, 0.2) is 78.9 Å². The fourth-order valence-corrected chi connectivity index (χ4v) is 1.80. The molecule has 2 aromatic carbocycles. The first kappa shape index (κ1) is 12.4. The Kier molecular flexibility index (Phi) is 5.01. The van der Waals surface area contributed by atoms with E-state index in [2.05, 4.69) is 78.9 Å². The Morgan fingerprint density at radius 3 is 2.11 bits per heavy atom. The standard InChI is InChI=1S/C18H18/c1(5-11-17-13-7-3-8-14-17)2-6-12-18-15-9-4-10-16-18/h1-5,7-11,13-16H,6,12H2. The minimum absolute atomic E-state index is 1.09. The Labute approximate surface area is 109 Å². The minimum atomic E-state index is 1.09. The van der Waals surface area contributed by atoms with Gasteiger partial charge in [-0.1, -0.05) is 85.0 Å². The third-order valence-electron chi connectivity index (χ3n) is 2.78. The van der Waals surface area contributed by atoms with Crippen LogP contribution in [0.5, 0.6) is 0 Å². The lowest BCUT2D eigenvalue weighted by molar-refractivity contribution is 1.00. The van der Waals surface area contributed by atoms with Gasteiger partial charge in [0.25, 0.3) is 0 Å². The maximum Gasteiger partial charge on any atom is -0.0244 e. The first-order chi connectivity index (χ1) is 8.95. The zero-order valence-corrected chi connectivity index (χ0v) is 10.5. The summed E-state index contributed by atoms with van der Waals surface area (Å²) in [5.74, 6) is 0. The molecule has 0 unspecified atom stereocenters. The Bertz CT molecular complexity index is 492. The van der Waals surface area contributed by atoms with Gasteiger partial charge < -0.3 is 0 Å². The van der Waals surface area contributed by atoms with Gasteiger partial charge in [0.05, 0.1) is 0 Å². The molecule has 0 aliphatic carbocycles. The molecular formula is C18H18. The molecule has 0 heterocycles. The summed E-state index contributed by atoms with van der Waals surface area (Å²) in [6.07, 6.45) is 10.8. The molecule has 0 fully saturated rings. The molecule has 0 aromatic heterocycles. The number of benzene rings is 2. The maximum absolute atomic E-state index is 2.21. The quantitative estimate of drug-likeness (QED) is 0.646. The van der Waals surface area contributed by atoms with Gasteiger partial charge in [-0.05, 0) is 24.0 Å². The first-order valence-electron chi connectivity index (χ1n) is 6.37. The molecule has 18 heavy (non-hydrogen) atoms. The molecule has 0 atom stereocenters. The predicted octanol–water partition coefficient (Wildman–Crippen LogP) is 4.89. The summed E-state index contributed by atoms with van der Waals surface area (Å²) in [6.45, 7) is 0. The van der Waals surface area contributed by atoms with Crippen molar-refractivity contribution in [2.24, 2.45) is 0 Å². The van der Waals surface area contributed by atoms with E-state index in [1.807, 2.05) is 6.07 Å². The van der Waals surface area contributed by atoms with Crippen molar-refractivity contribution in [2.75, 3.05) is 0 Å². The summed E-state index contributed by atoms with van der Waals surface area (Å²) in [5, 5.41) is 0. The highest BCUT2D eigenvalue weighted by Crippen LogP contribution is 2.04. The van der Waals surface area contributed by atoms with Crippen molar-refractivity contribution in [1.82, 2.24) is 0 Å². The number of aryl methyl sites for hydroxylation is 1. The molecule has 0 spiro atoms. The van der Waals surface area contributed by atoms with Gasteiger partial charge in [0.2, 0.25) is 0 Å². The van der Waals surface area contributed by atoms with Gasteiger partial charge in [-0.2, -0.15) is 0 Å². The lowest BCUT2D eigenvalue weighted by atomic mass is 10.1. The fraction of sp³-hybridized carbons (Fsp3) is 0.111. The molecular weight excluding hydrogens is 216 g/mol. The summed E-state index contributed by atoms with van der Waals surface area (Å²) >= 11 is 0.